The van der Waals surface area contributed by atoms with Crippen LogP contribution >= 0.6 is 11.3 Å². The second kappa shape index (κ2) is 8.35. The number of rotatable bonds is 4. The highest BCUT2D eigenvalue weighted by atomic mass is 32.1. The molecular weight excluding hydrogens is 350 g/mol. The van der Waals surface area contributed by atoms with Crippen molar-refractivity contribution in [1.29, 1.82) is 0 Å². The van der Waals surface area contributed by atoms with Gasteiger partial charge in [0.25, 0.3) is 5.91 Å². The highest BCUT2D eigenvalue weighted by Crippen LogP contribution is 2.18. The van der Waals surface area contributed by atoms with E-state index in [2.05, 4.69) is 22.1 Å². The van der Waals surface area contributed by atoms with E-state index in [1.807, 2.05) is 18.7 Å². The van der Waals surface area contributed by atoms with Gasteiger partial charge in [-0.2, -0.15) is 0 Å². The van der Waals surface area contributed by atoms with E-state index in [9.17, 15) is 4.79 Å². The molecule has 0 saturated carbocycles. The number of guanidine groups is 1. The Labute approximate surface area is 157 Å². The zero-order chi connectivity index (χ0) is 18.5. The van der Waals surface area contributed by atoms with Crippen molar-refractivity contribution in [2.45, 2.75) is 27.3 Å². The maximum atomic E-state index is 12.4. The second-order valence-corrected chi connectivity index (χ2v) is 7.46. The van der Waals surface area contributed by atoms with E-state index in [4.69, 9.17) is 9.41 Å². The molecule has 1 N–H and O–H groups in total. The second-order valence-electron chi connectivity index (χ2n) is 6.17. The number of aryl methyl sites for hydroxylation is 2. The third-order valence-corrected chi connectivity index (χ3v) is 5.36. The first-order valence-corrected chi connectivity index (χ1v) is 9.69. The van der Waals surface area contributed by atoms with Crippen LogP contribution in [0.2, 0.25) is 0 Å². The van der Waals surface area contributed by atoms with Crippen LogP contribution in [0.1, 0.15) is 33.1 Å². The molecule has 1 aliphatic rings. The summed E-state index contributed by atoms with van der Waals surface area (Å²) in [7, 11) is 0. The van der Waals surface area contributed by atoms with Crippen LogP contribution in [0.5, 0.6) is 0 Å². The summed E-state index contributed by atoms with van der Waals surface area (Å²) in [4.78, 5) is 26.9. The van der Waals surface area contributed by atoms with E-state index in [-0.39, 0.29) is 5.91 Å². The molecule has 0 bridgehead atoms. The highest BCUT2D eigenvalue weighted by Gasteiger charge is 2.25. The first kappa shape index (κ1) is 18.4. The van der Waals surface area contributed by atoms with Gasteiger partial charge in [0.2, 0.25) is 0 Å². The Bertz CT molecular complexity index is 761. The van der Waals surface area contributed by atoms with Crippen molar-refractivity contribution in [2.24, 2.45) is 4.99 Å². The Balaban J connectivity index is 1.62. The highest BCUT2D eigenvalue weighted by molar-refractivity contribution is 7.11. The summed E-state index contributed by atoms with van der Waals surface area (Å²) in [6.45, 7) is 10.4. The number of thiazole rings is 1. The molecule has 3 rings (SSSR count). The summed E-state index contributed by atoms with van der Waals surface area (Å²) in [5.41, 5.74) is 1.06. The predicted octanol–water partition coefficient (Wildman–Crippen LogP) is 2.28. The number of carbonyl (C=O) groups is 1. The molecule has 0 aliphatic carbocycles. The van der Waals surface area contributed by atoms with Gasteiger partial charge >= 0.3 is 0 Å². The molecule has 2 aromatic rings. The summed E-state index contributed by atoms with van der Waals surface area (Å²) in [6, 6.07) is 3.45. The van der Waals surface area contributed by atoms with Crippen LogP contribution in [-0.4, -0.2) is 59.4 Å². The van der Waals surface area contributed by atoms with Gasteiger partial charge in [-0.25, -0.2) is 9.98 Å². The van der Waals surface area contributed by atoms with Crippen molar-refractivity contribution in [3.63, 3.8) is 0 Å². The lowest BCUT2D eigenvalue weighted by atomic mass is 10.3. The zero-order valence-corrected chi connectivity index (χ0v) is 16.3. The number of aliphatic imine (C=N–C) groups is 1. The minimum absolute atomic E-state index is 0.0488. The minimum atomic E-state index is -0.0488. The van der Waals surface area contributed by atoms with Crippen LogP contribution in [0.4, 0.5) is 0 Å². The van der Waals surface area contributed by atoms with Crippen molar-refractivity contribution in [3.05, 3.63) is 39.7 Å². The monoisotopic (exact) mass is 375 g/mol. The maximum Gasteiger partial charge on any atom is 0.289 e. The van der Waals surface area contributed by atoms with Crippen molar-refractivity contribution < 1.29 is 9.21 Å². The van der Waals surface area contributed by atoms with Crippen molar-refractivity contribution in [3.8, 4) is 0 Å². The summed E-state index contributed by atoms with van der Waals surface area (Å²) >= 11 is 1.70. The van der Waals surface area contributed by atoms with Crippen LogP contribution in [0.3, 0.4) is 0 Å². The molecular formula is C18H25N5O2S. The number of amides is 1. The Kier molecular flexibility index (Phi) is 5.92. The summed E-state index contributed by atoms with van der Waals surface area (Å²) < 4.78 is 5.22. The fourth-order valence-electron chi connectivity index (χ4n) is 2.97. The van der Waals surface area contributed by atoms with E-state index in [0.717, 1.165) is 36.3 Å². The number of nitrogens with zero attached hydrogens (tertiary/aromatic N) is 4. The number of hydrogen-bond acceptors (Lipinski definition) is 5. The third-order valence-electron chi connectivity index (χ3n) is 4.31. The Morgan fingerprint density at radius 1 is 1.31 bits per heavy atom. The van der Waals surface area contributed by atoms with E-state index < -0.39 is 0 Å². The van der Waals surface area contributed by atoms with Crippen LogP contribution in [0.15, 0.2) is 27.8 Å². The molecule has 1 aliphatic heterocycles. The molecule has 1 amide bonds. The first-order valence-electron chi connectivity index (χ1n) is 8.87. The Hall–Kier alpha value is -2.35. The number of aromatic nitrogens is 1. The summed E-state index contributed by atoms with van der Waals surface area (Å²) in [6.07, 6.45) is 1.53. The van der Waals surface area contributed by atoms with Crippen molar-refractivity contribution in [1.82, 2.24) is 20.1 Å². The Morgan fingerprint density at radius 3 is 2.62 bits per heavy atom. The lowest BCUT2D eigenvalue weighted by Crippen LogP contribution is -2.53. The fraction of sp³-hybridized carbons (Fsp3) is 0.500. The average molecular weight is 375 g/mol. The van der Waals surface area contributed by atoms with Gasteiger partial charge in [0.15, 0.2) is 11.7 Å². The molecule has 0 spiro atoms. The molecule has 26 heavy (non-hydrogen) atoms. The van der Waals surface area contributed by atoms with Crippen LogP contribution in [-0.2, 0) is 6.54 Å². The third kappa shape index (κ3) is 4.24. The molecule has 3 heterocycles. The van der Waals surface area contributed by atoms with Gasteiger partial charge in [-0.1, -0.05) is 0 Å². The van der Waals surface area contributed by atoms with Gasteiger partial charge in [0, 0.05) is 37.6 Å². The van der Waals surface area contributed by atoms with Gasteiger partial charge < -0.3 is 19.5 Å². The number of furan rings is 1. The molecule has 8 heteroatoms. The SMILES string of the molecule is CCNC(=NCc1sc(C)nc1C)N1CCN(C(=O)c2ccco2)CC1. The molecule has 140 valence electrons. The van der Waals surface area contributed by atoms with E-state index in [0.29, 0.717) is 25.4 Å². The van der Waals surface area contributed by atoms with Crippen LogP contribution < -0.4 is 5.32 Å². The van der Waals surface area contributed by atoms with Gasteiger partial charge in [-0.15, -0.1) is 11.3 Å². The molecule has 0 unspecified atom stereocenters. The molecule has 0 radical (unpaired) electrons. The lowest BCUT2D eigenvalue weighted by Gasteiger charge is -2.36. The average Bonchev–Trinajstić information content (AvgIpc) is 3.28. The lowest BCUT2D eigenvalue weighted by molar-refractivity contribution is 0.0657. The molecule has 7 nitrogen and oxygen atoms in total. The minimum Gasteiger partial charge on any atom is -0.459 e. The topological polar surface area (TPSA) is 74.0 Å². The fourth-order valence-corrected chi connectivity index (χ4v) is 3.83. The number of piperazine rings is 1. The van der Waals surface area contributed by atoms with Gasteiger partial charge in [0.1, 0.15) is 0 Å². The van der Waals surface area contributed by atoms with Gasteiger partial charge in [-0.05, 0) is 32.9 Å². The summed E-state index contributed by atoms with van der Waals surface area (Å²) in [5, 5.41) is 4.43. The quantitative estimate of drug-likeness (QED) is 0.656. The van der Waals surface area contributed by atoms with Crippen LogP contribution in [0, 0.1) is 13.8 Å². The maximum absolute atomic E-state index is 12.4. The molecule has 0 atom stereocenters. The van der Waals surface area contributed by atoms with E-state index in [1.165, 1.54) is 11.1 Å². The number of nitrogens with one attached hydrogen (secondary N) is 1. The van der Waals surface area contributed by atoms with Gasteiger partial charge in [0.05, 0.1) is 23.5 Å². The van der Waals surface area contributed by atoms with Gasteiger partial charge in [-0.3, -0.25) is 4.79 Å². The zero-order valence-electron chi connectivity index (χ0n) is 15.5. The van der Waals surface area contributed by atoms with Crippen molar-refractivity contribution >= 4 is 23.2 Å². The van der Waals surface area contributed by atoms with Crippen LogP contribution in [0.25, 0.3) is 0 Å². The standard InChI is InChI=1S/C18H25N5O2S/c1-4-19-18(20-12-16-13(2)21-14(3)26-16)23-9-7-22(8-10-23)17(24)15-6-5-11-25-15/h5-6,11H,4,7-10,12H2,1-3H3,(H,19,20). The van der Waals surface area contributed by atoms with E-state index in [1.54, 1.807) is 23.5 Å². The number of carbonyl (C=O) groups excluding carboxylic acids is 1. The van der Waals surface area contributed by atoms with E-state index >= 15 is 0 Å². The smallest absolute Gasteiger partial charge is 0.289 e. The first-order chi connectivity index (χ1) is 12.6. The molecule has 1 saturated heterocycles. The van der Waals surface area contributed by atoms with Crippen molar-refractivity contribution in [2.75, 3.05) is 32.7 Å². The molecule has 2 aromatic heterocycles. The summed E-state index contributed by atoms with van der Waals surface area (Å²) in [5.74, 6) is 1.24. The number of hydrogen-bond donors (Lipinski definition) is 1. The predicted molar refractivity (Wildman–Crippen MR) is 103 cm³/mol. The molecule has 1 fully saturated rings. The Morgan fingerprint density at radius 2 is 2.04 bits per heavy atom. The molecule has 0 aromatic carbocycles. The normalized spacial score (nSPS) is 15.4. The largest absolute Gasteiger partial charge is 0.459 e.